The lowest BCUT2D eigenvalue weighted by Gasteiger charge is -2.23. The second-order valence-corrected chi connectivity index (χ2v) is 3.38. The van der Waals surface area contributed by atoms with Gasteiger partial charge in [0.25, 0.3) is 0 Å². The van der Waals surface area contributed by atoms with Gasteiger partial charge in [0.2, 0.25) is 5.88 Å². The summed E-state index contributed by atoms with van der Waals surface area (Å²) in [6, 6.07) is 2.93. The van der Waals surface area contributed by atoms with E-state index in [-0.39, 0.29) is 36.7 Å². The van der Waals surface area contributed by atoms with Gasteiger partial charge in [-0.2, -0.15) is 0 Å². The van der Waals surface area contributed by atoms with Crippen molar-refractivity contribution in [1.82, 2.24) is 10.3 Å². The van der Waals surface area contributed by atoms with Crippen molar-refractivity contribution < 1.29 is 9.13 Å². The fraction of sp³-hybridized carbons (Fsp3) is 0.500. The molecular formula is C10H15Cl2FN2O. The summed E-state index contributed by atoms with van der Waals surface area (Å²) < 4.78 is 18.1. The zero-order valence-electron chi connectivity index (χ0n) is 8.69. The maximum absolute atomic E-state index is 12.5. The average Bonchev–Trinajstić information content (AvgIpc) is 2.23. The number of hydrogen-bond acceptors (Lipinski definition) is 3. The van der Waals surface area contributed by atoms with Crippen molar-refractivity contribution in [2.24, 2.45) is 0 Å². The normalized spacial score (nSPS) is 15.8. The van der Waals surface area contributed by atoms with Gasteiger partial charge < -0.3 is 10.1 Å². The molecule has 0 radical (unpaired) electrons. The Kier molecular flexibility index (Phi) is 7.38. The molecule has 0 saturated carbocycles. The summed E-state index contributed by atoms with van der Waals surface area (Å²) in [5, 5.41) is 3.25. The Morgan fingerprint density at radius 1 is 1.25 bits per heavy atom. The SMILES string of the molecule is Cl.Cl.Fc1ccc(OC2CCNCC2)nc1. The van der Waals surface area contributed by atoms with E-state index in [1.54, 1.807) is 6.07 Å². The summed E-state index contributed by atoms with van der Waals surface area (Å²) in [4.78, 5) is 3.85. The molecule has 1 fully saturated rings. The molecule has 0 aromatic carbocycles. The van der Waals surface area contributed by atoms with Crippen LogP contribution in [0.15, 0.2) is 18.3 Å². The molecule has 1 aromatic rings. The molecule has 0 spiro atoms. The largest absolute Gasteiger partial charge is 0.474 e. The second-order valence-electron chi connectivity index (χ2n) is 3.38. The van der Waals surface area contributed by atoms with Crippen molar-refractivity contribution in [3.8, 4) is 5.88 Å². The molecule has 92 valence electrons. The van der Waals surface area contributed by atoms with Crippen molar-refractivity contribution in [2.45, 2.75) is 18.9 Å². The van der Waals surface area contributed by atoms with Gasteiger partial charge in [0.1, 0.15) is 11.9 Å². The van der Waals surface area contributed by atoms with Gasteiger partial charge in [-0.1, -0.05) is 0 Å². The smallest absolute Gasteiger partial charge is 0.213 e. The number of aromatic nitrogens is 1. The number of rotatable bonds is 2. The standard InChI is InChI=1S/C10H13FN2O.2ClH/c11-8-1-2-10(13-7-8)14-9-3-5-12-6-4-9;;/h1-2,7,9,12H,3-6H2;2*1H. The summed E-state index contributed by atoms with van der Waals surface area (Å²) in [7, 11) is 0. The fourth-order valence-corrected chi connectivity index (χ4v) is 1.52. The lowest BCUT2D eigenvalue weighted by molar-refractivity contribution is 0.155. The average molecular weight is 269 g/mol. The minimum absolute atomic E-state index is 0. The molecule has 0 aliphatic carbocycles. The van der Waals surface area contributed by atoms with Crippen LogP contribution in [0.3, 0.4) is 0 Å². The molecule has 0 unspecified atom stereocenters. The molecule has 16 heavy (non-hydrogen) atoms. The van der Waals surface area contributed by atoms with Crippen molar-refractivity contribution >= 4 is 24.8 Å². The Morgan fingerprint density at radius 2 is 1.94 bits per heavy atom. The first-order chi connectivity index (χ1) is 6.84. The number of halogens is 3. The van der Waals surface area contributed by atoms with Gasteiger partial charge in [0.05, 0.1) is 6.20 Å². The second kappa shape index (κ2) is 7.65. The maximum atomic E-state index is 12.5. The molecule has 3 nitrogen and oxygen atoms in total. The molecule has 0 amide bonds. The first kappa shape index (κ1) is 15.4. The van der Waals surface area contributed by atoms with Crippen molar-refractivity contribution in [1.29, 1.82) is 0 Å². The van der Waals surface area contributed by atoms with Crippen LogP contribution in [-0.2, 0) is 0 Å². The summed E-state index contributed by atoms with van der Waals surface area (Å²) in [5.74, 6) is 0.181. The van der Waals surface area contributed by atoms with Crippen molar-refractivity contribution in [3.05, 3.63) is 24.1 Å². The topological polar surface area (TPSA) is 34.1 Å². The molecule has 6 heteroatoms. The van der Waals surface area contributed by atoms with E-state index >= 15 is 0 Å². The van der Waals surface area contributed by atoms with Crippen LogP contribution in [0.1, 0.15) is 12.8 Å². The Balaban J connectivity index is 0.00000112. The highest BCUT2D eigenvalue weighted by atomic mass is 35.5. The van der Waals surface area contributed by atoms with E-state index in [1.165, 1.54) is 12.3 Å². The Bertz CT molecular complexity index is 291. The minimum atomic E-state index is -0.331. The van der Waals surface area contributed by atoms with Crippen molar-refractivity contribution in [2.75, 3.05) is 13.1 Å². The fourth-order valence-electron chi connectivity index (χ4n) is 1.52. The van der Waals surface area contributed by atoms with Gasteiger partial charge in [-0.05, 0) is 32.0 Å². The molecule has 2 rings (SSSR count). The molecule has 1 aliphatic rings. The summed E-state index contributed by atoms with van der Waals surface area (Å²) in [6.07, 6.45) is 3.36. The van der Waals surface area contributed by atoms with Crippen LogP contribution < -0.4 is 10.1 Å². The van der Waals surface area contributed by atoms with E-state index < -0.39 is 0 Å². The molecule has 1 aromatic heterocycles. The summed E-state index contributed by atoms with van der Waals surface area (Å²) in [5.41, 5.74) is 0. The lowest BCUT2D eigenvalue weighted by atomic mass is 10.1. The monoisotopic (exact) mass is 268 g/mol. The van der Waals surface area contributed by atoms with E-state index in [0.717, 1.165) is 25.9 Å². The van der Waals surface area contributed by atoms with E-state index in [4.69, 9.17) is 4.74 Å². The first-order valence-corrected chi connectivity index (χ1v) is 4.83. The third-order valence-corrected chi connectivity index (χ3v) is 2.27. The van der Waals surface area contributed by atoms with E-state index in [9.17, 15) is 4.39 Å². The van der Waals surface area contributed by atoms with Gasteiger partial charge in [0, 0.05) is 6.07 Å². The van der Waals surface area contributed by atoms with E-state index in [1.807, 2.05) is 0 Å². The van der Waals surface area contributed by atoms with Gasteiger partial charge in [-0.25, -0.2) is 9.37 Å². The van der Waals surface area contributed by atoms with Crippen LogP contribution in [0.2, 0.25) is 0 Å². The number of hydrogen-bond donors (Lipinski definition) is 1. The lowest BCUT2D eigenvalue weighted by Crippen LogP contribution is -2.34. The molecule has 0 bridgehead atoms. The number of nitrogens with zero attached hydrogens (tertiary/aromatic N) is 1. The van der Waals surface area contributed by atoms with Crippen molar-refractivity contribution in [3.63, 3.8) is 0 Å². The summed E-state index contributed by atoms with van der Waals surface area (Å²) >= 11 is 0. The number of ether oxygens (including phenoxy) is 1. The molecule has 1 saturated heterocycles. The Hall–Kier alpha value is -0.580. The summed E-state index contributed by atoms with van der Waals surface area (Å²) in [6.45, 7) is 1.96. The van der Waals surface area contributed by atoms with Crippen LogP contribution in [0.5, 0.6) is 5.88 Å². The van der Waals surface area contributed by atoms with Gasteiger partial charge in [-0.3, -0.25) is 0 Å². The number of piperidine rings is 1. The molecule has 1 N–H and O–H groups in total. The zero-order chi connectivity index (χ0) is 9.80. The molecular weight excluding hydrogens is 254 g/mol. The molecule has 1 aliphatic heterocycles. The number of nitrogens with one attached hydrogen (secondary N) is 1. The van der Waals surface area contributed by atoms with Crippen LogP contribution in [-0.4, -0.2) is 24.2 Å². The highest BCUT2D eigenvalue weighted by molar-refractivity contribution is 5.85. The van der Waals surface area contributed by atoms with Crippen LogP contribution in [0, 0.1) is 5.82 Å². The molecule has 2 heterocycles. The Morgan fingerprint density at radius 3 is 2.50 bits per heavy atom. The van der Waals surface area contributed by atoms with Crippen LogP contribution in [0.4, 0.5) is 4.39 Å². The van der Waals surface area contributed by atoms with E-state index in [0.29, 0.717) is 5.88 Å². The van der Waals surface area contributed by atoms with E-state index in [2.05, 4.69) is 10.3 Å². The minimum Gasteiger partial charge on any atom is -0.474 e. The zero-order valence-corrected chi connectivity index (χ0v) is 10.3. The number of pyridine rings is 1. The first-order valence-electron chi connectivity index (χ1n) is 4.83. The Labute approximate surface area is 107 Å². The van der Waals surface area contributed by atoms with Crippen LogP contribution in [0.25, 0.3) is 0 Å². The predicted molar refractivity (Wildman–Crippen MR) is 65.2 cm³/mol. The highest BCUT2D eigenvalue weighted by Crippen LogP contribution is 2.13. The third kappa shape index (κ3) is 4.51. The van der Waals surface area contributed by atoms with Gasteiger partial charge in [0.15, 0.2) is 0 Å². The third-order valence-electron chi connectivity index (χ3n) is 2.27. The predicted octanol–water partition coefficient (Wildman–Crippen LogP) is 2.20. The highest BCUT2D eigenvalue weighted by Gasteiger charge is 2.14. The van der Waals surface area contributed by atoms with Gasteiger partial charge in [-0.15, -0.1) is 24.8 Å². The van der Waals surface area contributed by atoms with Gasteiger partial charge >= 0.3 is 0 Å². The van der Waals surface area contributed by atoms with Crippen LogP contribution >= 0.6 is 24.8 Å². The maximum Gasteiger partial charge on any atom is 0.213 e. The molecule has 0 atom stereocenters. The quantitative estimate of drug-likeness (QED) is 0.893.